The Bertz CT molecular complexity index is 1210. The topological polar surface area (TPSA) is 116 Å². The molecule has 2 aliphatic heterocycles. The lowest BCUT2D eigenvalue weighted by atomic mass is 9.81. The molecule has 1 N–H and O–H groups in total. The zero-order chi connectivity index (χ0) is 24.4. The van der Waals surface area contributed by atoms with E-state index in [1.165, 1.54) is 23.1 Å². The highest BCUT2D eigenvalue weighted by atomic mass is 32.2. The van der Waals surface area contributed by atoms with Gasteiger partial charge in [0, 0.05) is 36.0 Å². The van der Waals surface area contributed by atoms with Crippen molar-refractivity contribution in [1.82, 2.24) is 15.2 Å². The zero-order valence-corrected chi connectivity index (χ0v) is 20.2. The highest BCUT2D eigenvalue weighted by Gasteiger charge is 2.41. The molecule has 1 saturated carbocycles. The maximum Gasteiger partial charge on any atom is 0.414 e. The van der Waals surface area contributed by atoms with Crippen molar-refractivity contribution >= 4 is 46.3 Å². The Labute approximate surface area is 207 Å². The van der Waals surface area contributed by atoms with E-state index in [-0.39, 0.29) is 24.1 Å². The summed E-state index contributed by atoms with van der Waals surface area (Å²) in [5.41, 5.74) is 1.30. The number of fused-ring (bicyclic) bond motifs is 1. The van der Waals surface area contributed by atoms with Gasteiger partial charge in [-0.05, 0) is 49.9 Å². The Morgan fingerprint density at radius 2 is 2.06 bits per heavy atom. The third kappa shape index (κ3) is 4.65. The molecule has 10 heteroatoms. The van der Waals surface area contributed by atoms with Gasteiger partial charge < -0.3 is 15.0 Å². The highest BCUT2D eigenvalue weighted by Crippen LogP contribution is 2.39. The fourth-order valence-corrected chi connectivity index (χ4v) is 6.23. The first-order valence-corrected chi connectivity index (χ1v) is 13.1. The third-order valence-corrected chi connectivity index (χ3v) is 8.13. The van der Waals surface area contributed by atoms with Crippen LogP contribution in [0, 0.1) is 11.3 Å². The Morgan fingerprint density at radius 1 is 1.23 bits per heavy atom. The molecule has 182 valence electrons. The Morgan fingerprint density at radius 3 is 2.83 bits per heavy atom. The largest absolute Gasteiger partial charge is 0.442 e. The molecule has 1 aliphatic carbocycles. The van der Waals surface area contributed by atoms with Crippen LogP contribution >= 0.6 is 11.8 Å². The summed E-state index contributed by atoms with van der Waals surface area (Å²) in [5.74, 6) is 0.322. The third-order valence-electron chi connectivity index (χ3n) is 7.11. The van der Waals surface area contributed by atoms with E-state index < -0.39 is 11.9 Å². The molecule has 3 fully saturated rings. The van der Waals surface area contributed by atoms with Crippen LogP contribution in [0.1, 0.15) is 48.9 Å². The van der Waals surface area contributed by atoms with Gasteiger partial charge in [0.25, 0.3) is 5.91 Å². The highest BCUT2D eigenvalue weighted by molar-refractivity contribution is 7.99. The van der Waals surface area contributed by atoms with Crippen LogP contribution in [0.3, 0.4) is 0 Å². The normalized spacial score (nSPS) is 21.6. The van der Waals surface area contributed by atoms with Crippen molar-refractivity contribution in [2.24, 2.45) is 0 Å². The number of hydrogen-bond donors (Lipinski definition) is 1. The second-order valence-corrected chi connectivity index (χ2v) is 10.3. The number of carbonyl (C=O) groups is 3. The average molecular weight is 494 g/mol. The summed E-state index contributed by atoms with van der Waals surface area (Å²) in [6, 6.07) is 8.63. The molecule has 3 heterocycles. The minimum absolute atomic E-state index is 0.193. The number of nitriles is 1. The molecule has 1 atom stereocenters. The molecule has 2 aromatic rings. The van der Waals surface area contributed by atoms with Gasteiger partial charge in [-0.15, -0.1) is 11.8 Å². The van der Waals surface area contributed by atoms with Gasteiger partial charge >= 0.3 is 6.09 Å². The second kappa shape index (κ2) is 9.74. The van der Waals surface area contributed by atoms with Crippen LogP contribution in [-0.2, 0) is 9.53 Å². The Balaban J connectivity index is 1.32. The van der Waals surface area contributed by atoms with E-state index in [1.807, 2.05) is 6.07 Å². The monoisotopic (exact) mass is 493 g/mol. The Hall–Kier alpha value is -3.32. The van der Waals surface area contributed by atoms with Crippen LogP contribution in [0.2, 0.25) is 0 Å². The van der Waals surface area contributed by atoms with Gasteiger partial charge in [0.15, 0.2) is 0 Å². The average Bonchev–Trinajstić information content (AvgIpc) is 3.36. The van der Waals surface area contributed by atoms with E-state index in [0.29, 0.717) is 40.3 Å². The minimum atomic E-state index is -0.467. The number of benzene rings is 1. The van der Waals surface area contributed by atoms with Gasteiger partial charge in [0.1, 0.15) is 11.6 Å². The van der Waals surface area contributed by atoms with Gasteiger partial charge in [-0.3, -0.25) is 19.5 Å². The number of carbonyl (C=O) groups excluding carboxylic acids is 3. The van der Waals surface area contributed by atoms with Crippen molar-refractivity contribution < 1.29 is 19.1 Å². The van der Waals surface area contributed by atoms with Gasteiger partial charge in [-0.25, -0.2) is 4.79 Å². The standard InChI is InChI=1S/C25H27N5O4S/c26-13-18-15-35-16-30(18)22(31)14-28-23(32)19-6-10-27-21-5-4-17(12-20(19)21)29-11-9-25(34-24(29)33)7-2-1-3-8-25/h4-6,10,12,18H,1-3,7-9,11,14-16H2,(H,28,32). The smallest absolute Gasteiger partial charge is 0.414 e. The van der Waals surface area contributed by atoms with Crippen molar-refractivity contribution in [2.45, 2.75) is 50.2 Å². The molecule has 0 bridgehead atoms. The molecule has 1 aromatic heterocycles. The Kier molecular flexibility index (Phi) is 6.52. The van der Waals surface area contributed by atoms with Gasteiger partial charge in [0.2, 0.25) is 5.91 Å². The number of anilines is 1. The molecule has 1 aromatic carbocycles. The molecule has 35 heavy (non-hydrogen) atoms. The SMILES string of the molecule is N#CC1CSCN1C(=O)CNC(=O)c1ccnc2ccc(N3CCC4(CCCCC4)OC3=O)cc12. The maximum atomic E-state index is 13.0. The van der Waals surface area contributed by atoms with Crippen LogP contribution in [0.15, 0.2) is 30.5 Å². The number of amides is 3. The van der Waals surface area contributed by atoms with E-state index in [0.717, 1.165) is 32.1 Å². The summed E-state index contributed by atoms with van der Waals surface area (Å²) >= 11 is 1.52. The second-order valence-electron chi connectivity index (χ2n) is 9.26. The summed E-state index contributed by atoms with van der Waals surface area (Å²) in [6.45, 7) is 0.371. The molecule has 2 saturated heterocycles. The van der Waals surface area contributed by atoms with Crippen molar-refractivity contribution in [3.63, 3.8) is 0 Å². The van der Waals surface area contributed by atoms with E-state index >= 15 is 0 Å². The minimum Gasteiger partial charge on any atom is -0.442 e. The van der Waals surface area contributed by atoms with Gasteiger partial charge in [0.05, 0.1) is 29.6 Å². The van der Waals surface area contributed by atoms with Crippen molar-refractivity contribution in [1.29, 1.82) is 5.26 Å². The number of hydrogen-bond acceptors (Lipinski definition) is 7. The lowest BCUT2D eigenvalue weighted by Gasteiger charge is -2.43. The lowest BCUT2D eigenvalue weighted by molar-refractivity contribution is -0.129. The van der Waals surface area contributed by atoms with Gasteiger partial charge in [-0.2, -0.15) is 5.26 Å². The quantitative estimate of drug-likeness (QED) is 0.694. The van der Waals surface area contributed by atoms with E-state index in [4.69, 9.17) is 4.74 Å². The van der Waals surface area contributed by atoms with Crippen LogP contribution in [0.25, 0.3) is 10.9 Å². The molecular weight excluding hydrogens is 466 g/mol. The zero-order valence-electron chi connectivity index (χ0n) is 19.4. The fourth-order valence-electron chi connectivity index (χ4n) is 5.13. The molecule has 9 nitrogen and oxygen atoms in total. The van der Waals surface area contributed by atoms with E-state index in [9.17, 15) is 19.6 Å². The summed E-state index contributed by atoms with van der Waals surface area (Å²) in [7, 11) is 0. The number of ether oxygens (including phenoxy) is 1. The summed E-state index contributed by atoms with van der Waals surface area (Å²) in [4.78, 5) is 45.9. The van der Waals surface area contributed by atoms with E-state index in [1.54, 1.807) is 29.3 Å². The summed E-state index contributed by atoms with van der Waals surface area (Å²) in [5, 5.41) is 12.5. The predicted octanol–water partition coefficient (Wildman–Crippen LogP) is 3.44. The van der Waals surface area contributed by atoms with Crippen LogP contribution in [-0.4, -0.2) is 64.2 Å². The molecule has 0 radical (unpaired) electrons. The van der Waals surface area contributed by atoms with Crippen molar-refractivity contribution in [2.75, 3.05) is 29.6 Å². The number of rotatable bonds is 4. The van der Waals surface area contributed by atoms with Crippen LogP contribution in [0.4, 0.5) is 10.5 Å². The summed E-state index contributed by atoms with van der Waals surface area (Å²) in [6.07, 6.45) is 7.18. The maximum absolute atomic E-state index is 13.0. The van der Waals surface area contributed by atoms with Crippen molar-refractivity contribution in [3.8, 4) is 6.07 Å². The number of nitrogens with zero attached hydrogens (tertiary/aromatic N) is 4. The van der Waals surface area contributed by atoms with Crippen molar-refractivity contribution in [3.05, 3.63) is 36.0 Å². The fraction of sp³-hybridized carbons (Fsp3) is 0.480. The molecule has 3 amide bonds. The number of pyridine rings is 1. The molecule has 5 rings (SSSR count). The van der Waals surface area contributed by atoms with Crippen LogP contribution in [0.5, 0.6) is 0 Å². The molecular formula is C25H27N5O4S. The summed E-state index contributed by atoms with van der Waals surface area (Å²) < 4.78 is 5.93. The lowest BCUT2D eigenvalue weighted by Crippen LogP contribution is -2.50. The molecule has 1 spiro atoms. The first-order valence-electron chi connectivity index (χ1n) is 11.9. The number of aromatic nitrogens is 1. The number of nitrogens with one attached hydrogen (secondary N) is 1. The van der Waals surface area contributed by atoms with Gasteiger partial charge in [-0.1, -0.05) is 6.42 Å². The predicted molar refractivity (Wildman–Crippen MR) is 132 cm³/mol. The first kappa shape index (κ1) is 23.4. The van der Waals surface area contributed by atoms with E-state index in [2.05, 4.69) is 16.4 Å². The molecule has 1 unspecified atom stereocenters. The first-order chi connectivity index (χ1) is 17.0. The molecule has 3 aliphatic rings. The number of thioether (sulfide) groups is 1. The van der Waals surface area contributed by atoms with Crippen LogP contribution < -0.4 is 10.2 Å².